The molecule has 1 aromatic rings. The van der Waals surface area contributed by atoms with Gasteiger partial charge < -0.3 is 14.8 Å². The molecule has 1 rings (SSSR count). The second-order valence-corrected chi connectivity index (χ2v) is 7.28. The van der Waals surface area contributed by atoms with Crippen LogP contribution in [0.25, 0.3) is 0 Å². The average Bonchev–Trinajstić information content (AvgIpc) is 2.63. The number of Topliss-reactive ketones (excluding diaryl/α,β-unsaturated/α-hetero) is 1. The van der Waals surface area contributed by atoms with Crippen molar-refractivity contribution in [2.45, 2.75) is 39.2 Å². The van der Waals surface area contributed by atoms with Gasteiger partial charge in [0, 0.05) is 16.5 Å². The zero-order valence-corrected chi connectivity index (χ0v) is 17.2. The van der Waals surface area contributed by atoms with Crippen LogP contribution in [0, 0.1) is 5.92 Å². The summed E-state index contributed by atoms with van der Waals surface area (Å²) in [6.45, 7) is 3.30. The van der Waals surface area contributed by atoms with Gasteiger partial charge in [0.2, 0.25) is 0 Å². The average molecular weight is 442 g/mol. The SMILES string of the molecule is COC(=O)C(CC(C)C)NC(=O)COC(=O)CCC(=O)c1ccc(Br)cc1. The Kier molecular flexibility index (Phi) is 9.71. The summed E-state index contributed by atoms with van der Waals surface area (Å²) in [5.41, 5.74) is 0.498. The van der Waals surface area contributed by atoms with Crippen molar-refractivity contribution in [2.75, 3.05) is 13.7 Å². The molecule has 0 aliphatic carbocycles. The summed E-state index contributed by atoms with van der Waals surface area (Å²) in [4.78, 5) is 47.3. The predicted molar refractivity (Wildman–Crippen MR) is 102 cm³/mol. The fraction of sp³-hybridized carbons (Fsp3) is 0.474. The van der Waals surface area contributed by atoms with Crippen LogP contribution >= 0.6 is 15.9 Å². The predicted octanol–water partition coefficient (Wildman–Crippen LogP) is 2.66. The molecular weight excluding hydrogens is 418 g/mol. The maximum absolute atomic E-state index is 12.0. The van der Waals surface area contributed by atoms with Gasteiger partial charge in [0.05, 0.1) is 13.5 Å². The van der Waals surface area contributed by atoms with Crippen molar-refractivity contribution in [3.8, 4) is 0 Å². The number of methoxy groups -OCH3 is 1. The molecule has 27 heavy (non-hydrogen) atoms. The number of esters is 2. The second kappa shape index (κ2) is 11.5. The number of ether oxygens (including phenoxy) is 2. The molecule has 1 N–H and O–H groups in total. The molecule has 1 amide bonds. The lowest BCUT2D eigenvalue weighted by Gasteiger charge is -2.18. The summed E-state index contributed by atoms with van der Waals surface area (Å²) in [6, 6.07) is 6.01. The summed E-state index contributed by atoms with van der Waals surface area (Å²) in [6.07, 6.45) is 0.267. The van der Waals surface area contributed by atoms with E-state index in [2.05, 4.69) is 26.0 Å². The fourth-order valence-electron chi connectivity index (χ4n) is 2.28. The van der Waals surface area contributed by atoms with Gasteiger partial charge in [0.1, 0.15) is 6.04 Å². The quantitative estimate of drug-likeness (QED) is 0.442. The molecule has 0 radical (unpaired) electrons. The van der Waals surface area contributed by atoms with Crippen LogP contribution in [0.2, 0.25) is 0 Å². The standard InChI is InChI=1S/C19H24BrNO6/c1-12(2)10-15(19(25)26-3)21-17(23)11-27-18(24)9-8-16(22)13-4-6-14(20)7-5-13/h4-7,12,15H,8-11H2,1-3H3,(H,21,23). The Morgan fingerprint density at radius 2 is 1.70 bits per heavy atom. The molecule has 1 unspecified atom stereocenters. The monoisotopic (exact) mass is 441 g/mol. The Bertz CT molecular complexity index is 671. The lowest BCUT2D eigenvalue weighted by Crippen LogP contribution is -2.44. The minimum atomic E-state index is -0.791. The van der Waals surface area contributed by atoms with E-state index in [1.807, 2.05) is 13.8 Å². The van der Waals surface area contributed by atoms with E-state index in [1.54, 1.807) is 24.3 Å². The highest BCUT2D eigenvalue weighted by Crippen LogP contribution is 2.13. The molecule has 7 nitrogen and oxygen atoms in total. The Morgan fingerprint density at radius 1 is 1.07 bits per heavy atom. The molecule has 0 bridgehead atoms. The van der Waals surface area contributed by atoms with Gasteiger partial charge in [-0.3, -0.25) is 14.4 Å². The van der Waals surface area contributed by atoms with Crippen LogP contribution in [-0.2, 0) is 23.9 Å². The third-order valence-electron chi connectivity index (χ3n) is 3.61. The molecule has 1 atom stereocenters. The van der Waals surface area contributed by atoms with E-state index in [1.165, 1.54) is 7.11 Å². The molecule has 0 fully saturated rings. The number of hydrogen-bond acceptors (Lipinski definition) is 6. The third kappa shape index (κ3) is 8.81. The van der Waals surface area contributed by atoms with Gasteiger partial charge in [0.25, 0.3) is 5.91 Å². The highest BCUT2D eigenvalue weighted by molar-refractivity contribution is 9.10. The van der Waals surface area contributed by atoms with Gasteiger partial charge in [-0.25, -0.2) is 4.79 Å². The second-order valence-electron chi connectivity index (χ2n) is 6.36. The van der Waals surface area contributed by atoms with E-state index < -0.39 is 30.5 Å². The van der Waals surface area contributed by atoms with E-state index in [0.717, 1.165) is 4.47 Å². The molecule has 0 aromatic heterocycles. The molecule has 0 saturated carbocycles. The number of amides is 1. The summed E-state index contributed by atoms with van der Waals surface area (Å²) in [7, 11) is 1.24. The maximum atomic E-state index is 12.0. The number of halogens is 1. The first-order valence-electron chi connectivity index (χ1n) is 8.54. The molecule has 0 saturated heterocycles. The van der Waals surface area contributed by atoms with Gasteiger partial charge in [-0.1, -0.05) is 41.9 Å². The van der Waals surface area contributed by atoms with E-state index in [9.17, 15) is 19.2 Å². The number of ketones is 1. The lowest BCUT2D eigenvalue weighted by atomic mass is 10.0. The zero-order chi connectivity index (χ0) is 20.4. The minimum Gasteiger partial charge on any atom is -0.467 e. The van der Waals surface area contributed by atoms with E-state index in [-0.39, 0.29) is 24.5 Å². The molecular formula is C19H24BrNO6. The lowest BCUT2D eigenvalue weighted by molar-refractivity contribution is -0.150. The van der Waals surface area contributed by atoms with Crippen molar-refractivity contribution in [1.29, 1.82) is 0 Å². The van der Waals surface area contributed by atoms with Crippen molar-refractivity contribution in [3.63, 3.8) is 0 Å². The van der Waals surface area contributed by atoms with Gasteiger partial charge in [-0.2, -0.15) is 0 Å². The van der Waals surface area contributed by atoms with Gasteiger partial charge >= 0.3 is 11.9 Å². The van der Waals surface area contributed by atoms with E-state index in [0.29, 0.717) is 12.0 Å². The Balaban J connectivity index is 2.39. The Hall–Kier alpha value is -2.22. The topological polar surface area (TPSA) is 98.8 Å². The van der Waals surface area contributed by atoms with E-state index >= 15 is 0 Å². The number of carbonyl (C=O) groups is 4. The maximum Gasteiger partial charge on any atom is 0.328 e. The van der Waals surface area contributed by atoms with Crippen LogP contribution in [0.15, 0.2) is 28.7 Å². The number of nitrogens with one attached hydrogen (secondary N) is 1. The summed E-state index contributed by atoms with van der Waals surface area (Å²) in [5, 5.41) is 2.49. The summed E-state index contributed by atoms with van der Waals surface area (Å²) >= 11 is 3.28. The van der Waals surface area contributed by atoms with Crippen molar-refractivity contribution in [2.24, 2.45) is 5.92 Å². The normalized spacial score (nSPS) is 11.6. The van der Waals surface area contributed by atoms with Crippen molar-refractivity contribution in [1.82, 2.24) is 5.32 Å². The first-order valence-corrected chi connectivity index (χ1v) is 9.33. The Morgan fingerprint density at radius 3 is 2.26 bits per heavy atom. The van der Waals surface area contributed by atoms with Crippen molar-refractivity contribution < 1.29 is 28.7 Å². The molecule has 8 heteroatoms. The van der Waals surface area contributed by atoms with Gasteiger partial charge in [0.15, 0.2) is 12.4 Å². The molecule has 0 aliphatic rings. The van der Waals surface area contributed by atoms with Crippen LogP contribution in [0.1, 0.15) is 43.5 Å². The van der Waals surface area contributed by atoms with Gasteiger partial charge in [-0.05, 0) is 24.5 Å². The zero-order valence-electron chi connectivity index (χ0n) is 15.6. The molecule has 0 heterocycles. The highest BCUT2D eigenvalue weighted by Gasteiger charge is 2.23. The highest BCUT2D eigenvalue weighted by atomic mass is 79.9. The fourth-order valence-corrected chi connectivity index (χ4v) is 2.54. The van der Waals surface area contributed by atoms with Crippen LogP contribution in [-0.4, -0.2) is 43.4 Å². The first kappa shape index (κ1) is 22.8. The molecule has 148 valence electrons. The van der Waals surface area contributed by atoms with E-state index in [4.69, 9.17) is 4.74 Å². The summed E-state index contributed by atoms with van der Waals surface area (Å²) in [5.74, 6) is -1.83. The van der Waals surface area contributed by atoms with Crippen LogP contribution < -0.4 is 5.32 Å². The van der Waals surface area contributed by atoms with Crippen molar-refractivity contribution in [3.05, 3.63) is 34.3 Å². The first-order chi connectivity index (χ1) is 12.7. The molecule has 1 aromatic carbocycles. The number of hydrogen-bond donors (Lipinski definition) is 1. The minimum absolute atomic E-state index is 0.0137. The number of carbonyl (C=O) groups excluding carboxylic acids is 4. The smallest absolute Gasteiger partial charge is 0.328 e. The van der Waals surface area contributed by atoms with Crippen molar-refractivity contribution >= 4 is 39.6 Å². The largest absolute Gasteiger partial charge is 0.467 e. The van der Waals surface area contributed by atoms with Crippen LogP contribution in [0.3, 0.4) is 0 Å². The number of benzene rings is 1. The Labute approximate surface area is 166 Å². The van der Waals surface area contributed by atoms with Crippen LogP contribution in [0.5, 0.6) is 0 Å². The van der Waals surface area contributed by atoms with Gasteiger partial charge in [-0.15, -0.1) is 0 Å². The van der Waals surface area contributed by atoms with Crippen LogP contribution in [0.4, 0.5) is 0 Å². The summed E-state index contributed by atoms with van der Waals surface area (Å²) < 4.78 is 10.4. The number of rotatable bonds is 10. The molecule has 0 spiro atoms. The molecule has 0 aliphatic heterocycles. The third-order valence-corrected chi connectivity index (χ3v) is 4.14.